The van der Waals surface area contributed by atoms with Crippen LogP contribution in [0.15, 0.2) is 0 Å². The van der Waals surface area contributed by atoms with E-state index in [1.54, 1.807) is 0 Å². The Bertz CT molecular complexity index is 319. The number of carbonyl (C=O) groups excluding carboxylic acids is 1. The van der Waals surface area contributed by atoms with Crippen LogP contribution in [0.25, 0.3) is 0 Å². The SMILES string of the molecule is COC(=O)C1(NCC(C)C)CCCC(C(C)(C)C)CC1. The van der Waals surface area contributed by atoms with E-state index in [0.29, 0.717) is 17.3 Å². The molecule has 20 heavy (non-hydrogen) atoms. The van der Waals surface area contributed by atoms with Gasteiger partial charge >= 0.3 is 5.97 Å². The van der Waals surface area contributed by atoms with Crippen molar-refractivity contribution in [1.82, 2.24) is 5.32 Å². The predicted octanol–water partition coefficient (Wildman–Crippen LogP) is 3.77. The number of ether oxygens (including phenoxy) is 1. The number of carbonyl (C=O) groups is 1. The molecule has 0 spiro atoms. The van der Waals surface area contributed by atoms with Crippen molar-refractivity contribution in [1.29, 1.82) is 0 Å². The standard InChI is InChI=1S/C17H33NO2/c1-13(2)12-18-17(15(19)20-6)10-7-8-14(9-11-17)16(3,4)5/h13-14,18H,7-12H2,1-6H3. The molecule has 0 amide bonds. The van der Waals surface area contributed by atoms with Crippen LogP contribution in [0.1, 0.15) is 66.7 Å². The number of esters is 1. The average Bonchev–Trinajstić information content (AvgIpc) is 2.58. The molecule has 3 heteroatoms. The van der Waals surface area contributed by atoms with Crippen LogP contribution in [-0.4, -0.2) is 25.2 Å². The fraction of sp³-hybridized carbons (Fsp3) is 0.941. The van der Waals surface area contributed by atoms with Gasteiger partial charge < -0.3 is 10.1 Å². The molecule has 3 nitrogen and oxygen atoms in total. The zero-order valence-corrected chi connectivity index (χ0v) is 14.2. The summed E-state index contributed by atoms with van der Waals surface area (Å²) in [5.41, 5.74) is -0.136. The first-order chi connectivity index (χ1) is 9.21. The summed E-state index contributed by atoms with van der Waals surface area (Å²) in [4.78, 5) is 12.3. The Morgan fingerprint density at radius 2 is 1.95 bits per heavy atom. The molecule has 0 aromatic rings. The maximum atomic E-state index is 12.3. The Morgan fingerprint density at radius 3 is 2.45 bits per heavy atom. The lowest BCUT2D eigenvalue weighted by molar-refractivity contribution is -0.149. The van der Waals surface area contributed by atoms with Crippen LogP contribution in [0, 0.1) is 17.3 Å². The second-order valence-electron chi connectivity index (χ2n) is 7.84. The van der Waals surface area contributed by atoms with Gasteiger partial charge in [-0.3, -0.25) is 4.79 Å². The molecule has 0 aromatic carbocycles. The van der Waals surface area contributed by atoms with Gasteiger partial charge in [-0.2, -0.15) is 0 Å². The predicted molar refractivity (Wildman–Crippen MR) is 83.6 cm³/mol. The molecule has 1 aliphatic rings. The zero-order chi connectivity index (χ0) is 15.4. The second-order valence-corrected chi connectivity index (χ2v) is 7.84. The smallest absolute Gasteiger partial charge is 0.326 e. The van der Waals surface area contributed by atoms with Gasteiger partial charge in [0.1, 0.15) is 5.54 Å². The number of rotatable bonds is 4. The van der Waals surface area contributed by atoms with E-state index in [1.165, 1.54) is 13.5 Å². The number of nitrogens with one attached hydrogen (secondary N) is 1. The zero-order valence-electron chi connectivity index (χ0n) is 14.2. The minimum atomic E-state index is -0.459. The highest BCUT2D eigenvalue weighted by atomic mass is 16.5. The van der Waals surface area contributed by atoms with Crippen LogP contribution >= 0.6 is 0 Å². The van der Waals surface area contributed by atoms with Gasteiger partial charge in [-0.05, 0) is 49.5 Å². The fourth-order valence-electron chi connectivity index (χ4n) is 3.25. The molecule has 0 saturated heterocycles. The lowest BCUT2D eigenvalue weighted by atomic mass is 9.76. The number of hydrogen-bond donors (Lipinski definition) is 1. The van der Waals surface area contributed by atoms with Crippen LogP contribution in [0.2, 0.25) is 0 Å². The summed E-state index contributed by atoms with van der Waals surface area (Å²) in [5.74, 6) is 1.15. The van der Waals surface area contributed by atoms with Crippen LogP contribution < -0.4 is 5.32 Å². The van der Waals surface area contributed by atoms with Gasteiger partial charge in [0.15, 0.2) is 0 Å². The molecule has 2 unspecified atom stereocenters. The first-order valence-corrected chi connectivity index (χ1v) is 8.05. The summed E-state index contributed by atoms with van der Waals surface area (Å²) in [6.07, 6.45) is 5.21. The van der Waals surface area contributed by atoms with Gasteiger partial charge in [0, 0.05) is 0 Å². The van der Waals surface area contributed by atoms with Gasteiger partial charge in [-0.25, -0.2) is 0 Å². The molecular formula is C17H33NO2. The van der Waals surface area contributed by atoms with Gasteiger partial charge in [0.25, 0.3) is 0 Å². The van der Waals surface area contributed by atoms with E-state index in [0.717, 1.165) is 32.2 Å². The minimum Gasteiger partial charge on any atom is -0.468 e. The van der Waals surface area contributed by atoms with Gasteiger partial charge in [-0.1, -0.05) is 41.0 Å². The molecule has 1 rings (SSSR count). The van der Waals surface area contributed by atoms with E-state index >= 15 is 0 Å². The Balaban J connectivity index is 2.82. The van der Waals surface area contributed by atoms with Gasteiger partial charge in [0.2, 0.25) is 0 Å². The summed E-state index contributed by atoms with van der Waals surface area (Å²) in [5, 5.41) is 3.52. The Hall–Kier alpha value is -0.570. The molecule has 0 radical (unpaired) electrons. The third-order valence-corrected chi connectivity index (χ3v) is 4.73. The highest BCUT2D eigenvalue weighted by Crippen LogP contribution is 2.40. The van der Waals surface area contributed by atoms with Crippen molar-refractivity contribution in [2.24, 2.45) is 17.3 Å². The summed E-state index contributed by atoms with van der Waals surface area (Å²) in [7, 11) is 1.51. The van der Waals surface area contributed by atoms with E-state index in [-0.39, 0.29) is 5.97 Å². The Labute approximate surface area is 124 Å². The van der Waals surface area contributed by atoms with Crippen molar-refractivity contribution in [3.8, 4) is 0 Å². The Kier molecular flexibility index (Phi) is 6.06. The lowest BCUT2D eigenvalue weighted by Gasteiger charge is -2.33. The summed E-state index contributed by atoms with van der Waals surface area (Å²) in [6.45, 7) is 12.1. The molecule has 0 heterocycles. The van der Waals surface area contributed by atoms with Crippen LogP contribution in [-0.2, 0) is 9.53 Å². The maximum absolute atomic E-state index is 12.3. The van der Waals surface area contributed by atoms with E-state index in [4.69, 9.17) is 4.74 Å². The normalized spacial score (nSPS) is 28.2. The molecule has 1 N–H and O–H groups in total. The third-order valence-electron chi connectivity index (χ3n) is 4.73. The quantitative estimate of drug-likeness (QED) is 0.630. The second kappa shape index (κ2) is 6.93. The number of methoxy groups -OCH3 is 1. The molecule has 1 fully saturated rings. The summed E-state index contributed by atoms with van der Waals surface area (Å²) >= 11 is 0. The van der Waals surface area contributed by atoms with Gasteiger partial charge in [0.05, 0.1) is 7.11 Å². The summed E-state index contributed by atoms with van der Waals surface area (Å²) < 4.78 is 5.10. The van der Waals surface area contributed by atoms with Crippen molar-refractivity contribution in [3.63, 3.8) is 0 Å². The van der Waals surface area contributed by atoms with E-state index in [9.17, 15) is 4.79 Å². The van der Waals surface area contributed by atoms with E-state index in [2.05, 4.69) is 39.9 Å². The molecule has 0 bridgehead atoms. The minimum absolute atomic E-state index is 0.0762. The molecule has 0 aliphatic heterocycles. The molecule has 0 aromatic heterocycles. The first-order valence-electron chi connectivity index (χ1n) is 8.05. The van der Waals surface area contributed by atoms with Crippen LogP contribution in [0.4, 0.5) is 0 Å². The van der Waals surface area contributed by atoms with Crippen molar-refractivity contribution in [2.75, 3.05) is 13.7 Å². The fourth-order valence-corrected chi connectivity index (χ4v) is 3.25. The largest absolute Gasteiger partial charge is 0.468 e. The molecule has 118 valence electrons. The highest BCUT2D eigenvalue weighted by molar-refractivity contribution is 5.80. The van der Waals surface area contributed by atoms with E-state index in [1.807, 2.05) is 0 Å². The highest BCUT2D eigenvalue weighted by Gasteiger charge is 2.42. The lowest BCUT2D eigenvalue weighted by Crippen LogP contribution is -2.53. The van der Waals surface area contributed by atoms with Crippen molar-refractivity contribution in [3.05, 3.63) is 0 Å². The van der Waals surface area contributed by atoms with Crippen LogP contribution in [0.3, 0.4) is 0 Å². The van der Waals surface area contributed by atoms with Gasteiger partial charge in [-0.15, -0.1) is 0 Å². The number of hydrogen-bond acceptors (Lipinski definition) is 3. The monoisotopic (exact) mass is 283 g/mol. The van der Waals surface area contributed by atoms with Crippen molar-refractivity contribution < 1.29 is 9.53 Å². The topological polar surface area (TPSA) is 38.3 Å². The van der Waals surface area contributed by atoms with Crippen molar-refractivity contribution in [2.45, 2.75) is 72.3 Å². The van der Waals surface area contributed by atoms with E-state index < -0.39 is 5.54 Å². The van der Waals surface area contributed by atoms with Crippen LogP contribution in [0.5, 0.6) is 0 Å². The molecule has 1 aliphatic carbocycles. The average molecular weight is 283 g/mol. The van der Waals surface area contributed by atoms with Crippen molar-refractivity contribution >= 4 is 5.97 Å². The summed E-state index contributed by atoms with van der Waals surface area (Å²) in [6, 6.07) is 0. The molecular weight excluding hydrogens is 250 g/mol. The third kappa shape index (κ3) is 4.47. The first kappa shape index (κ1) is 17.5. The molecule has 2 atom stereocenters. The Morgan fingerprint density at radius 1 is 1.30 bits per heavy atom. The maximum Gasteiger partial charge on any atom is 0.326 e. The molecule has 1 saturated carbocycles.